The smallest absolute Gasteiger partial charge is 0.233 e. The molecule has 1 aromatic heterocycles. The molecule has 6 heteroatoms. The summed E-state index contributed by atoms with van der Waals surface area (Å²) in [7, 11) is 0. The zero-order chi connectivity index (χ0) is 18.5. The molecular formula is C20H23N3O2S. The summed E-state index contributed by atoms with van der Waals surface area (Å²) in [4.78, 5) is 19.1. The number of aromatic nitrogens is 1. The Balaban J connectivity index is 1.77. The summed E-state index contributed by atoms with van der Waals surface area (Å²) in [5.41, 5.74) is 1.30. The number of amides is 1. The third-order valence-corrected chi connectivity index (χ3v) is 5.61. The van der Waals surface area contributed by atoms with Crippen molar-refractivity contribution in [2.24, 2.45) is 0 Å². The number of thioether (sulfide) groups is 1. The number of pyridine rings is 1. The number of rotatable bonds is 5. The van der Waals surface area contributed by atoms with E-state index in [1.54, 1.807) is 0 Å². The molecule has 1 aliphatic heterocycles. The van der Waals surface area contributed by atoms with Gasteiger partial charge in [0.15, 0.2) is 0 Å². The summed E-state index contributed by atoms with van der Waals surface area (Å²) >= 11 is 1.35. The monoisotopic (exact) mass is 369 g/mol. The predicted octanol–water partition coefficient (Wildman–Crippen LogP) is 4.00. The quantitative estimate of drug-likeness (QED) is 0.745. The summed E-state index contributed by atoms with van der Waals surface area (Å²) in [6.07, 6.45) is 3.32. The molecular weight excluding hydrogens is 346 g/mol. The van der Waals surface area contributed by atoms with Crippen molar-refractivity contribution in [1.29, 1.82) is 5.26 Å². The predicted molar refractivity (Wildman–Crippen MR) is 103 cm³/mol. The molecule has 1 aliphatic rings. The Morgan fingerprint density at radius 2 is 2.27 bits per heavy atom. The molecule has 0 aliphatic carbocycles. The second-order valence-corrected chi connectivity index (χ2v) is 7.43. The lowest BCUT2D eigenvalue weighted by molar-refractivity contribution is -0.131. The van der Waals surface area contributed by atoms with Crippen LogP contribution in [-0.4, -0.2) is 40.7 Å². The number of hydrogen-bond acceptors (Lipinski definition) is 5. The first-order valence-electron chi connectivity index (χ1n) is 9.02. The molecule has 0 radical (unpaired) electrons. The minimum Gasteiger partial charge on any atom is -0.494 e. The number of piperidine rings is 1. The van der Waals surface area contributed by atoms with Crippen LogP contribution in [0, 0.1) is 11.3 Å². The fourth-order valence-corrected chi connectivity index (χ4v) is 4.11. The van der Waals surface area contributed by atoms with Gasteiger partial charge in [0.1, 0.15) is 16.8 Å². The number of benzene rings is 1. The van der Waals surface area contributed by atoms with Crippen LogP contribution >= 0.6 is 11.8 Å². The first-order valence-corrected chi connectivity index (χ1v) is 10.0. The zero-order valence-corrected chi connectivity index (χ0v) is 16.0. The normalized spacial score (nSPS) is 17.1. The number of fused-ring (bicyclic) bond motifs is 1. The van der Waals surface area contributed by atoms with Gasteiger partial charge in [0.25, 0.3) is 0 Å². The lowest BCUT2D eigenvalue weighted by Crippen LogP contribution is -2.42. The number of ether oxygens (including phenoxy) is 1. The van der Waals surface area contributed by atoms with Crippen LogP contribution in [0.2, 0.25) is 0 Å². The van der Waals surface area contributed by atoms with Crippen molar-refractivity contribution in [2.75, 3.05) is 18.9 Å². The Bertz CT molecular complexity index is 847. The van der Waals surface area contributed by atoms with E-state index >= 15 is 0 Å². The Morgan fingerprint density at radius 1 is 1.42 bits per heavy atom. The van der Waals surface area contributed by atoms with E-state index in [2.05, 4.69) is 18.0 Å². The van der Waals surface area contributed by atoms with Gasteiger partial charge in [-0.15, -0.1) is 0 Å². The molecule has 2 aromatic rings. The molecule has 1 fully saturated rings. The van der Waals surface area contributed by atoms with Crippen LogP contribution < -0.4 is 4.74 Å². The van der Waals surface area contributed by atoms with E-state index < -0.39 is 0 Å². The molecule has 0 spiro atoms. The first kappa shape index (κ1) is 18.5. The molecule has 0 N–H and O–H groups in total. The van der Waals surface area contributed by atoms with Gasteiger partial charge in [0, 0.05) is 18.0 Å². The van der Waals surface area contributed by atoms with E-state index in [1.165, 1.54) is 18.2 Å². The fourth-order valence-electron chi connectivity index (χ4n) is 3.27. The molecule has 1 unspecified atom stereocenters. The number of likely N-dealkylation sites (tertiary alicyclic amines) is 1. The van der Waals surface area contributed by atoms with E-state index in [1.807, 2.05) is 36.1 Å². The standard InChI is InChI=1S/C20H23N3O2S/c1-3-25-17-7-8-18-15(11-17)10-16(12-21)20(22-18)26-13-19(24)23-9-5-4-6-14(23)2/h7-8,10-11,14H,3-6,9,13H2,1-2H3. The highest BCUT2D eigenvalue weighted by Crippen LogP contribution is 2.28. The van der Waals surface area contributed by atoms with Crippen molar-refractivity contribution in [3.05, 3.63) is 29.8 Å². The van der Waals surface area contributed by atoms with E-state index in [-0.39, 0.29) is 5.91 Å². The van der Waals surface area contributed by atoms with E-state index in [4.69, 9.17) is 4.74 Å². The Morgan fingerprint density at radius 3 is 3.00 bits per heavy atom. The van der Waals surface area contributed by atoms with Gasteiger partial charge >= 0.3 is 0 Å². The third-order valence-electron chi connectivity index (χ3n) is 4.64. The van der Waals surface area contributed by atoms with Gasteiger partial charge in [-0.05, 0) is 57.4 Å². The molecule has 0 saturated carbocycles. The van der Waals surface area contributed by atoms with E-state index in [0.29, 0.717) is 29.0 Å². The summed E-state index contributed by atoms with van der Waals surface area (Å²) < 4.78 is 5.51. The van der Waals surface area contributed by atoms with Crippen LogP contribution in [-0.2, 0) is 4.79 Å². The van der Waals surface area contributed by atoms with Crippen molar-refractivity contribution in [3.8, 4) is 11.8 Å². The number of hydrogen-bond donors (Lipinski definition) is 0. The largest absolute Gasteiger partial charge is 0.494 e. The lowest BCUT2D eigenvalue weighted by atomic mass is 10.0. The first-order chi connectivity index (χ1) is 12.6. The molecule has 26 heavy (non-hydrogen) atoms. The number of nitriles is 1. The minimum absolute atomic E-state index is 0.125. The maximum atomic E-state index is 12.5. The maximum absolute atomic E-state index is 12.5. The zero-order valence-electron chi connectivity index (χ0n) is 15.2. The second kappa shape index (κ2) is 8.41. The van der Waals surface area contributed by atoms with Gasteiger partial charge in [0.05, 0.1) is 23.4 Å². The van der Waals surface area contributed by atoms with Crippen LogP contribution in [0.3, 0.4) is 0 Å². The Hall–Kier alpha value is -2.26. The fraction of sp³-hybridized carbons (Fsp3) is 0.450. The number of nitrogens with zero attached hydrogens (tertiary/aromatic N) is 3. The third kappa shape index (κ3) is 4.10. The Labute approximate surface area is 158 Å². The molecule has 136 valence electrons. The highest BCUT2D eigenvalue weighted by atomic mass is 32.2. The minimum atomic E-state index is 0.125. The van der Waals surface area contributed by atoms with Gasteiger partial charge in [0.2, 0.25) is 5.91 Å². The topological polar surface area (TPSA) is 66.2 Å². The second-order valence-electron chi connectivity index (χ2n) is 6.46. The van der Waals surface area contributed by atoms with Crippen LogP contribution in [0.5, 0.6) is 5.75 Å². The number of carbonyl (C=O) groups is 1. The van der Waals surface area contributed by atoms with Crippen molar-refractivity contribution in [3.63, 3.8) is 0 Å². The molecule has 3 rings (SSSR count). The highest BCUT2D eigenvalue weighted by molar-refractivity contribution is 8.00. The highest BCUT2D eigenvalue weighted by Gasteiger charge is 2.23. The molecule has 0 bridgehead atoms. The Kier molecular flexibility index (Phi) is 6.00. The molecule has 5 nitrogen and oxygen atoms in total. The molecule has 1 atom stereocenters. The molecule has 1 amide bonds. The lowest BCUT2D eigenvalue weighted by Gasteiger charge is -2.33. The van der Waals surface area contributed by atoms with Crippen LogP contribution in [0.15, 0.2) is 29.3 Å². The van der Waals surface area contributed by atoms with Gasteiger partial charge < -0.3 is 9.64 Å². The van der Waals surface area contributed by atoms with Crippen molar-refractivity contribution in [1.82, 2.24) is 9.88 Å². The van der Waals surface area contributed by atoms with Gasteiger partial charge in [-0.3, -0.25) is 4.79 Å². The maximum Gasteiger partial charge on any atom is 0.233 e. The van der Waals surface area contributed by atoms with Crippen molar-refractivity contribution >= 4 is 28.6 Å². The molecule has 2 heterocycles. The van der Waals surface area contributed by atoms with Crippen LogP contribution in [0.4, 0.5) is 0 Å². The van der Waals surface area contributed by atoms with Gasteiger partial charge in [-0.25, -0.2) is 4.98 Å². The van der Waals surface area contributed by atoms with Gasteiger partial charge in [-0.1, -0.05) is 11.8 Å². The van der Waals surface area contributed by atoms with E-state index in [9.17, 15) is 10.1 Å². The summed E-state index contributed by atoms with van der Waals surface area (Å²) in [6.45, 7) is 5.46. The average molecular weight is 369 g/mol. The van der Waals surface area contributed by atoms with Crippen molar-refractivity contribution in [2.45, 2.75) is 44.2 Å². The van der Waals surface area contributed by atoms with Crippen LogP contribution in [0.1, 0.15) is 38.7 Å². The van der Waals surface area contributed by atoms with Crippen molar-refractivity contribution < 1.29 is 9.53 Å². The van der Waals surface area contributed by atoms with Gasteiger partial charge in [-0.2, -0.15) is 5.26 Å². The molecule has 1 saturated heterocycles. The summed E-state index contributed by atoms with van der Waals surface area (Å²) in [6, 6.07) is 9.98. The SMILES string of the molecule is CCOc1ccc2nc(SCC(=O)N3CCCCC3C)c(C#N)cc2c1. The number of carbonyl (C=O) groups excluding carboxylic acids is 1. The average Bonchev–Trinajstić information content (AvgIpc) is 2.66. The van der Waals surface area contributed by atoms with E-state index in [0.717, 1.165) is 36.0 Å². The van der Waals surface area contributed by atoms with Crippen LogP contribution in [0.25, 0.3) is 10.9 Å². The summed E-state index contributed by atoms with van der Waals surface area (Å²) in [5.74, 6) is 1.20. The summed E-state index contributed by atoms with van der Waals surface area (Å²) in [5, 5.41) is 11.0. The molecule has 1 aromatic carbocycles.